The predicted molar refractivity (Wildman–Crippen MR) is 118 cm³/mol. The Balaban J connectivity index is 1.41. The molecule has 2 N–H and O–H groups in total. The van der Waals surface area contributed by atoms with E-state index in [1.807, 2.05) is 17.5 Å². The molecule has 0 radical (unpaired) electrons. The summed E-state index contributed by atoms with van der Waals surface area (Å²) in [6, 6.07) is 4.04. The molecule has 0 amide bonds. The second-order valence-corrected chi connectivity index (χ2v) is 9.52. The van der Waals surface area contributed by atoms with Crippen molar-refractivity contribution >= 4 is 38.7 Å². The fourth-order valence-corrected chi connectivity index (χ4v) is 5.40. The molecule has 1 aliphatic heterocycles. The number of thiophene rings is 2. The zero-order valence-electron chi connectivity index (χ0n) is 16.5. The second kappa shape index (κ2) is 7.81. The molecule has 0 bridgehead atoms. The van der Waals surface area contributed by atoms with Crippen LogP contribution in [0.2, 0.25) is 0 Å². The van der Waals surface area contributed by atoms with Crippen LogP contribution in [0.5, 0.6) is 0 Å². The Hall–Kier alpha value is -2.36. The lowest BCUT2D eigenvalue weighted by Gasteiger charge is -2.14. The van der Waals surface area contributed by atoms with Gasteiger partial charge in [-0.25, -0.2) is 15.0 Å². The van der Waals surface area contributed by atoms with Gasteiger partial charge in [-0.05, 0) is 56.8 Å². The van der Waals surface area contributed by atoms with Crippen molar-refractivity contribution < 1.29 is 0 Å². The largest absolute Gasteiger partial charge is 0.362 e. The number of aromatic amines is 1. The van der Waals surface area contributed by atoms with Gasteiger partial charge in [0.2, 0.25) is 0 Å². The van der Waals surface area contributed by atoms with Gasteiger partial charge in [0.25, 0.3) is 0 Å². The van der Waals surface area contributed by atoms with Gasteiger partial charge in [0.15, 0.2) is 5.82 Å². The Kier molecular flexibility index (Phi) is 5.03. The Labute approximate surface area is 177 Å². The molecule has 9 heteroatoms. The lowest BCUT2D eigenvalue weighted by atomic mass is 10.2. The highest BCUT2D eigenvalue weighted by atomic mass is 32.1. The molecule has 0 saturated carbocycles. The number of hydrogen-bond donors (Lipinski definition) is 2. The third kappa shape index (κ3) is 3.77. The van der Waals surface area contributed by atoms with Crippen molar-refractivity contribution in [2.75, 3.05) is 18.4 Å². The molecule has 29 heavy (non-hydrogen) atoms. The minimum atomic E-state index is 0.544. The van der Waals surface area contributed by atoms with E-state index in [0.717, 1.165) is 58.0 Å². The number of anilines is 1. The summed E-state index contributed by atoms with van der Waals surface area (Å²) < 4.78 is 0. The molecule has 5 rings (SSSR count). The van der Waals surface area contributed by atoms with Crippen molar-refractivity contribution in [2.24, 2.45) is 0 Å². The molecule has 4 aromatic heterocycles. The van der Waals surface area contributed by atoms with Gasteiger partial charge < -0.3 is 5.32 Å². The molecule has 7 nitrogen and oxygen atoms in total. The fourth-order valence-electron chi connectivity index (χ4n) is 3.69. The van der Waals surface area contributed by atoms with Crippen LogP contribution < -0.4 is 5.32 Å². The Bertz CT molecular complexity index is 1120. The van der Waals surface area contributed by atoms with Gasteiger partial charge in [0.05, 0.1) is 23.4 Å². The first-order valence-electron chi connectivity index (χ1n) is 9.85. The van der Waals surface area contributed by atoms with E-state index >= 15 is 0 Å². The molecular weight excluding hydrogens is 402 g/mol. The maximum Gasteiger partial charge on any atom is 0.191 e. The number of nitrogens with zero attached hydrogens (tertiary/aromatic N) is 5. The van der Waals surface area contributed by atoms with Crippen LogP contribution in [0.1, 0.15) is 34.9 Å². The van der Waals surface area contributed by atoms with Crippen LogP contribution in [-0.4, -0.2) is 43.1 Å². The monoisotopic (exact) mass is 425 g/mol. The Morgan fingerprint density at radius 2 is 2.03 bits per heavy atom. The maximum absolute atomic E-state index is 4.89. The van der Waals surface area contributed by atoms with Gasteiger partial charge in [-0.3, -0.25) is 10.00 Å². The average molecular weight is 426 g/mol. The first-order valence-corrected chi connectivity index (χ1v) is 11.5. The summed E-state index contributed by atoms with van der Waals surface area (Å²) in [5, 5.41) is 14.0. The van der Waals surface area contributed by atoms with Gasteiger partial charge in [0, 0.05) is 4.88 Å². The number of nitrogens with one attached hydrogen (secondary N) is 2. The molecule has 4 aromatic rings. The second-order valence-electron chi connectivity index (χ2n) is 7.37. The van der Waals surface area contributed by atoms with Crippen molar-refractivity contribution in [1.29, 1.82) is 0 Å². The SMILES string of the molecule is Cc1sc2nc(CN3CCCC3)nc(NCc3nc(-c4cccs4)n[nH]3)c2c1C. The van der Waals surface area contributed by atoms with Crippen molar-refractivity contribution in [1.82, 2.24) is 30.0 Å². The lowest BCUT2D eigenvalue weighted by molar-refractivity contribution is 0.323. The van der Waals surface area contributed by atoms with E-state index in [1.165, 1.54) is 23.3 Å². The van der Waals surface area contributed by atoms with Gasteiger partial charge in [0.1, 0.15) is 22.3 Å². The Morgan fingerprint density at radius 1 is 1.17 bits per heavy atom. The third-order valence-electron chi connectivity index (χ3n) is 5.34. The highest BCUT2D eigenvalue weighted by Crippen LogP contribution is 2.33. The van der Waals surface area contributed by atoms with E-state index in [1.54, 1.807) is 22.7 Å². The van der Waals surface area contributed by atoms with Crippen molar-refractivity contribution in [2.45, 2.75) is 39.8 Å². The summed E-state index contributed by atoms with van der Waals surface area (Å²) in [7, 11) is 0. The quantitative estimate of drug-likeness (QED) is 0.478. The zero-order valence-corrected chi connectivity index (χ0v) is 18.2. The molecule has 1 aliphatic rings. The van der Waals surface area contributed by atoms with Gasteiger partial charge >= 0.3 is 0 Å². The summed E-state index contributed by atoms with van der Waals surface area (Å²) in [6.07, 6.45) is 2.53. The maximum atomic E-state index is 4.89. The highest BCUT2D eigenvalue weighted by molar-refractivity contribution is 7.18. The van der Waals surface area contributed by atoms with E-state index in [2.05, 4.69) is 39.2 Å². The van der Waals surface area contributed by atoms with Crippen LogP contribution in [0.15, 0.2) is 17.5 Å². The van der Waals surface area contributed by atoms with E-state index in [-0.39, 0.29) is 0 Å². The third-order valence-corrected chi connectivity index (χ3v) is 7.30. The van der Waals surface area contributed by atoms with E-state index in [4.69, 9.17) is 9.97 Å². The smallest absolute Gasteiger partial charge is 0.191 e. The number of hydrogen-bond acceptors (Lipinski definition) is 8. The molecule has 0 aliphatic carbocycles. The average Bonchev–Trinajstić information content (AvgIpc) is 3.49. The highest BCUT2D eigenvalue weighted by Gasteiger charge is 2.18. The van der Waals surface area contributed by atoms with E-state index in [0.29, 0.717) is 6.54 Å². The van der Waals surface area contributed by atoms with Crippen LogP contribution >= 0.6 is 22.7 Å². The molecule has 0 atom stereocenters. The van der Waals surface area contributed by atoms with Crippen LogP contribution in [0, 0.1) is 13.8 Å². The number of aromatic nitrogens is 5. The molecule has 0 spiro atoms. The summed E-state index contributed by atoms with van der Waals surface area (Å²) in [5.74, 6) is 3.31. The predicted octanol–water partition coefficient (Wildman–Crippen LogP) is 4.36. The summed E-state index contributed by atoms with van der Waals surface area (Å²) in [5.41, 5.74) is 1.25. The van der Waals surface area contributed by atoms with E-state index in [9.17, 15) is 0 Å². The zero-order chi connectivity index (χ0) is 19.8. The summed E-state index contributed by atoms with van der Waals surface area (Å²) >= 11 is 3.38. The summed E-state index contributed by atoms with van der Waals surface area (Å²) in [6.45, 7) is 7.92. The fraction of sp³-hybridized carbons (Fsp3) is 0.400. The van der Waals surface area contributed by atoms with Gasteiger partial charge in [-0.2, -0.15) is 5.10 Å². The minimum Gasteiger partial charge on any atom is -0.362 e. The number of aryl methyl sites for hydroxylation is 2. The topological polar surface area (TPSA) is 82.6 Å². The van der Waals surface area contributed by atoms with Crippen LogP contribution in [0.3, 0.4) is 0 Å². The number of likely N-dealkylation sites (tertiary alicyclic amines) is 1. The molecule has 150 valence electrons. The van der Waals surface area contributed by atoms with Crippen LogP contribution in [-0.2, 0) is 13.1 Å². The molecule has 1 fully saturated rings. The lowest BCUT2D eigenvalue weighted by Crippen LogP contribution is -2.20. The van der Waals surface area contributed by atoms with Gasteiger partial charge in [-0.15, -0.1) is 22.7 Å². The Morgan fingerprint density at radius 3 is 2.83 bits per heavy atom. The van der Waals surface area contributed by atoms with Crippen molar-refractivity contribution in [3.05, 3.63) is 39.6 Å². The van der Waals surface area contributed by atoms with Crippen molar-refractivity contribution in [3.63, 3.8) is 0 Å². The van der Waals surface area contributed by atoms with Crippen LogP contribution in [0.4, 0.5) is 5.82 Å². The normalized spacial score (nSPS) is 14.8. The number of rotatable bonds is 6. The van der Waals surface area contributed by atoms with E-state index < -0.39 is 0 Å². The molecular formula is C20H23N7S2. The number of H-pyrrole nitrogens is 1. The first kappa shape index (κ1) is 18.7. The molecule has 5 heterocycles. The first-order chi connectivity index (χ1) is 14.2. The summed E-state index contributed by atoms with van der Waals surface area (Å²) in [4.78, 5) is 20.2. The molecule has 0 unspecified atom stereocenters. The minimum absolute atomic E-state index is 0.544. The molecule has 1 saturated heterocycles. The standard InChI is InChI=1S/C20H23N7S2/c1-12-13(2)29-20-17(12)19(23-16(24-20)11-27-7-3-4-8-27)21-10-15-22-18(26-25-15)14-6-5-9-28-14/h5-6,9H,3-4,7-8,10-11H2,1-2H3,(H,21,23,24)(H,22,25,26). The van der Waals surface area contributed by atoms with Crippen molar-refractivity contribution in [3.8, 4) is 10.7 Å². The molecule has 0 aromatic carbocycles. The van der Waals surface area contributed by atoms with Gasteiger partial charge in [-0.1, -0.05) is 6.07 Å². The van der Waals surface area contributed by atoms with Crippen LogP contribution in [0.25, 0.3) is 20.9 Å². The number of fused-ring (bicyclic) bond motifs is 1.